The van der Waals surface area contributed by atoms with E-state index in [0.29, 0.717) is 30.1 Å². The first-order valence-corrected chi connectivity index (χ1v) is 10.6. The molecule has 0 spiro atoms. The summed E-state index contributed by atoms with van der Waals surface area (Å²) in [4.78, 5) is 13.8. The number of hydrogen-bond acceptors (Lipinski definition) is 3. The van der Waals surface area contributed by atoms with Gasteiger partial charge in [0.15, 0.2) is 0 Å². The number of halogens is 1. The Hall–Kier alpha value is -1.91. The van der Waals surface area contributed by atoms with E-state index in [1.54, 1.807) is 25.1 Å². The van der Waals surface area contributed by atoms with E-state index in [0.717, 1.165) is 49.8 Å². The SMILES string of the molecule is CN(C)C(=O)CC[C@@H]1C/C(=N\O)[C@@]2(C)CCC3c4cccc(F)c4CCC3C12. The monoisotopic (exact) mass is 386 g/mol. The molecule has 2 saturated carbocycles. The van der Waals surface area contributed by atoms with Crippen LogP contribution in [0, 0.1) is 29.0 Å². The fraction of sp³-hybridized carbons (Fsp3) is 0.652. The Morgan fingerprint density at radius 2 is 2.14 bits per heavy atom. The van der Waals surface area contributed by atoms with E-state index in [-0.39, 0.29) is 17.1 Å². The lowest BCUT2D eigenvalue weighted by Crippen LogP contribution is -2.44. The van der Waals surface area contributed by atoms with E-state index < -0.39 is 0 Å². The minimum atomic E-state index is -0.105. The van der Waals surface area contributed by atoms with Crippen LogP contribution in [0.15, 0.2) is 23.4 Å². The number of benzene rings is 1. The molecule has 0 aromatic heterocycles. The predicted octanol–water partition coefficient (Wildman–Crippen LogP) is 4.61. The fourth-order valence-corrected chi connectivity index (χ4v) is 6.61. The van der Waals surface area contributed by atoms with Gasteiger partial charge >= 0.3 is 0 Å². The van der Waals surface area contributed by atoms with E-state index in [2.05, 4.69) is 18.1 Å². The van der Waals surface area contributed by atoms with Gasteiger partial charge in [0.05, 0.1) is 5.71 Å². The van der Waals surface area contributed by atoms with Gasteiger partial charge in [-0.05, 0) is 79.4 Å². The molecule has 4 rings (SSSR count). The molecule has 0 aliphatic heterocycles. The van der Waals surface area contributed by atoms with Crippen molar-refractivity contribution >= 4 is 11.6 Å². The molecule has 5 atom stereocenters. The molecule has 2 fully saturated rings. The number of rotatable bonds is 3. The summed E-state index contributed by atoms with van der Waals surface area (Å²) in [6.45, 7) is 2.25. The molecule has 3 aliphatic rings. The normalized spacial score (nSPS) is 35.2. The molecule has 1 N–H and O–H groups in total. The van der Waals surface area contributed by atoms with Crippen molar-refractivity contribution in [1.29, 1.82) is 0 Å². The molecule has 0 saturated heterocycles. The molecule has 0 radical (unpaired) electrons. The molecule has 1 aromatic carbocycles. The van der Waals surface area contributed by atoms with Crippen molar-refractivity contribution in [2.75, 3.05) is 14.1 Å². The van der Waals surface area contributed by atoms with Crippen LogP contribution in [0.3, 0.4) is 0 Å². The highest BCUT2D eigenvalue weighted by Crippen LogP contribution is 2.62. The van der Waals surface area contributed by atoms with Crippen LogP contribution >= 0.6 is 0 Å². The molecule has 152 valence electrons. The number of hydrogen-bond donors (Lipinski definition) is 1. The highest BCUT2D eigenvalue weighted by molar-refractivity contribution is 5.92. The first kappa shape index (κ1) is 19.4. The molecule has 3 aliphatic carbocycles. The molecule has 3 unspecified atom stereocenters. The average molecular weight is 387 g/mol. The molecular weight excluding hydrogens is 355 g/mol. The van der Waals surface area contributed by atoms with Gasteiger partial charge in [0, 0.05) is 25.9 Å². The predicted molar refractivity (Wildman–Crippen MR) is 107 cm³/mol. The fourth-order valence-electron chi connectivity index (χ4n) is 6.61. The van der Waals surface area contributed by atoms with Crippen LogP contribution in [-0.4, -0.2) is 35.8 Å². The van der Waals surface area contributed by atoms with Crippen LogP contribution in [0.2, 0.25) is 0 Å². The maximum Gasteiger partial charge on any atom is 0.222 e. The summed E-state index contributed by atoms with van der Waals surface area (Å²) in [7, 11) is 3.59. The Morgan fingerprint density at radius 1 is 1.36 bits per heavy atom. The van der Waals surface area contributed by atoms with Gasteiger partial charge in [0.2, 0.25) is 5.91 Å². The van der Waals surface area contributed by atoms with E-state index in [1.807, 2.05) is 6.07 Å². The summed E-state index contributed by atoms with van der Waals surface area (Å²) in [5.41, 5.74) is 2.90. The summed E-state index contributed by atoms with van der Waals surface area (Å²) in [6, 6.07) is 5.53. The standard InChI is InChI=1S/C23H31FN2O2/c1-23-12-11-16-15-5-4-6-19(24)17(15)8-9-18(16)22(23)14(13-20(23)25-28)7-10-21(27)26(2)3/h4-6,14,16,18,22,28H,7-13H2,1-3H3/b25-20+/t14-,16?,18?,22?,23-/m1/s1. The second kappa shape index (κ2) is 7.16. The van der Waals surface area contributed by atoms with Gasteiger partial charge in [-0.25, -0.2) is 4.39 Å². The van der Waals surface area contributed by atoms with Crippen LogP contribution in [0.4, 0.5) is 4.39 Å². The molecule has 0 bridgehead atoms. The van der Waals surface area contributed by atoms with Crippen molar-refractivity contribution in [3.63, 3.8) is 0 Å². The minimum Gasteiger partial charge on any atom is -0.411 e. The zero-order valence-electron chi connectivity index (χ0n) is 17.1. The summed E-state index contributed by atoms with van der Waals surface area (Å²) >= 11 is 0. The Bertz CT molecular complexity index is 806. The van der Waals surface area contributed by atoms with Crippen molar-refractivity contribution in [1.82, 2.24) is 4.90 Å². The van der Waals surface area contributed by atoms with Crippen LogP contribution in [0.25, 0.3) is 0 Å². The van der Waals surface area contributed by atoms with Crippen LogP contribution in [0.5, 0.6) is 0 Å². The topological polar surface area (TPSA) is 52.9 Å². The maximum atomic E-state index is 14.4. The number of nitrogens with zero attached hydrogens (tertiary/aromatic N) is 2. The quantitative estimate of drug-likeness (QED) is 0.609. The zero-order chi connectivity index (χ0) is 20.1. The number of fused-ring (bicyclic) bond motifs is 5. The van der Waals surface area contributed by atoms with Crippen molar-refractivity contribution in [2.24, 2.45) is 28.3 Å². The minimum absolute atomic E-state index is 0.0681. The second-order valence-electron chi connectivity index (χ2n) is 9.44. The van der Waals surface area contributed by atoms with Gasteiger partial charge in [-0.3, -0.25) is 4.79 Å². The lowest BCUT2D eigenvalue weighted by molar-refractivity contribution is -0.129. The molecular formula is C23H31FN2O2. The third-order valence-corrected chi connectivity index (χ3v) is 7.94. The number of carbonyl (C=O) groups excluding carboxylic acids is 1. The lowest BCUT2D eigenvalue weighted by Gasteiger charge is -2.50. The number of carbonyl (C=O) groups is 1. The highest BCUT2D eigenvalue weighted by atomic mass is 19.1. The maximum absolute atomic E-state index is 14.4. The number of oxime groups is 1. The molecule has 28 heavy (non-hydrogen) atoms. The summed E-state index contributed by atoms with van der Waals surface area (Å²) < 4.78 is 14.4. The Balaban J connectivity index is 1.65. The first-order chi connectivity index (χ1) is 13.4. The third kappa shape index (κ3) is 2.94. The smallest absolute Gasteiger partial charge is 0.222 e. The Kier molecular flexibility index (Phi) is 4.96. The Labute approximate surface area is 166 Å². The van der Waals surface area contributed by atoms with E-state index in [9.17, 15) is 14.4 Å². The number of amides is 1. The summed E-state index contributed by atoms with van der Waals surface area (Å²) in [5, 5.41) is 13.4. The van der Waals surface area contributed by atoms with Crippen LogP contribution in [0.1, 0.15) is 62.5 Å². The summed E-state index contributed by atoms with van der Waals surface area (Å²) in [6.07, 6.45) is 5.88. The first-order valence-electron chi connectivity index (χ1n) is 10.6. The lowest BCUT2D eigenvalue weighted by atomic mass is 9.54. The largest absolute Gasteiger partial charge is 0.411 e. The Morgan fingerprint density at radius 3 is 2.86 bits per heavy atom. The van der Waals surface area contributed by atoms with Gasteiger partial charge in [-0.2, -0.15) is 0 Å². The summed E-state index contributed by atoms with van der Waals surface area (Å²) in [5.74, 6) is 1.67. The van der Waals surface area contributed by atoms with E-state index >= 15 is 0 Å². The van der Waals surface area contributed by atoms with Crippen molar-refractivity contribution in [3.8, 4) is 0 Å². The van der Waals surface area contributed by atoms with Crippen molar-refractivity contribution in [3.05, 3.63) is 35.1 Å². The average Bonchev–Trinajstić information content (AvgIpc) is 2.97. The molecule has 4 nitrogen and oxygen atoms in total. The van der Waals surface area contributed by atoms with Crippen LogP contribution in [-0.2, 0) is 11.2 Å². The second-order valence-corrected chi connectivity index (χ2v) is 9.44. The van der Waals surface area contributed by atoms with Crippen molar-refractivity contribution in [2.45, 2.75) is 57.8 Å². The van der Waals surface area contributed by atoms with Gasteiger partial charge in [-0.1, -0.05) is 24.2 Å². The molecule has 1 amide bonds. The molecule has 0 heterocycles. The van der Waals surface area contributed by atoms with Gasteiger partial charge < -0.3 is 10.1 Å². The van der Waals surface area contributed by atoms with Gasteiger partial charge in [0.1, 0.15) is 5.82 Å². The van der Waals surface area contributed by atoms with E-state index in [1.165, 1.54) is 5.56 Å². The van der Waals surface area contributed by atoms with E-state index in [4.69, 9.17) is 0 Å². The van der Waals surface area contributed by atoms with Crippen LogP contribution < -0.4 is 0 Å². The third-order valence-electron chi connectivity index (χ3n) is 7.94. The molecule has 5 heteroatoms. The highest BCUT2D eigenvalue weighted by Gasteiger charge is 2.57. The van der Waals surface area contributed by atoms with Gasteiger partial charge in [0.25, 0.3) is 0 Å². The molecule has 1 aromatic rings. The van der Waals surface area contributed by atoms with Gasteiger partial charge in [-0.15, -0.1) is 0 Å². The zero-order valence-corrected chi connectivity index (χ0v) is 17.1. The van der Waals surface area contributed by atoms with Crippen molar-refractivity contribution < 1.29 is 14.4 Å².